The fourth-order valence-corrected chi connectivity index (χ4v) is 2.38. The molecule has 0 aliphatic heterocycles. The minimum atomic E-state index is -0.116. The predicted octanol–water partition coefficient (Wildman–Crippen LogP) is 0.885. The summed E-state index contributed by atoms with van der Waals surface area (Å²) in [6.07, 6.45) is 3.98. The Balaban J connectivity index is 2.38. The van der Waals surface area contributed by atoms with E-state index in [-0.39, 0.29) is 30.4 Å². The smallest absolute Gasteiger partial charge is 0.223 e. The third kappa shape index (κ3) is 4.28. The van der Waals surface area contributed by atoms with Crippen LogP contribution in [0, 0.1) is 17.8 Å². The van der Waals surface area contributed by atoms with Crippen molar-refractivity contribution in [3.05, 3.63) is 0 Å². The highest BCUT2D eigenvalue weighted by atomic mass is 16.3. The minimum Gasteiger partial charge on any atom is -0.394 e. The molecule has 1 amide bonds. The molecule has 100 valence electrons. The number of rotatable bonds is 5. The van der Waals surface area contributed by atoms with Gasteiger partial charge in [0, 0.05) is 5.92 Å². The number of carbonyl (C=O) groups excluding carboxylic acids is 1. The SMILES string of the molecule is CC(C)C(CO)NC(=O)C1CCC(CN)CC1. The molecule has 4 heteroatoms. The standard InChI is InChI=1S/C13H26N2O2/c1-9(2)12(8-16)15-13(17)11-5-3-10(7-14)4-6-11/h9-12,16H,3-8,14H2,1-2H3,(H,15,17). The van der Waals surface area contributed by atoms with Crippen molar-refractivity contribution in [3.63, 3.8) is 0 Å². The lowest BCUT2D eigenvalue weighted by molar-refractivity contribution is -0.127. The van der Waals surface area contributed by atoms with E-state index in [0.717, 1.165) is 32.2 Å². The first-order valence-electron chi connectivity index (χ1n) is 6.69. The van der Waals surface area contributed by atoms with Crippen LogP contribution >= 0.6 is 0 Å². The maximum atomic E-state index is 12.0. The molecule has 0 aromatic carbocycles. The number of aliphatic hydroxyl groups is 1. The maximum absolute atomic E-state index is 12.0. The average Bonchev–Trinajstić information content (AvgIpc) is 2.35. The van der Waals surface area contributed by atoms with Crippen molar-refractivity contribution in [2.75, 3.05) is 13.2 Å². The molecule has 0 aromatic heterocycles. The van der Waals surface area contributed by atoms with Gasteiger partial charge in [-0.25, -0.2) is 0 Å². The molecule has 0 aromatic rings. The largest absolute Gasteiger partial charge is 0.394 e. The van der Waals surface area contributed by atoms with Crippen molar-refractivity contribution in [2.45, 2.75) is 45.6 Å². The maximum Gasteiger partial charge on any atom is 0.223 e. The third-order valence-corrected chi connectivity index (χ3v) is 3.88. The Labute approximate surface area is 104 Å². The highest BCUT2D eigenvalue weighted by Crippen LogP contribution is 2.28. The monoisotopic (exact) mass is 242 g/mol. The molecule has 1 unspecified atom stereocenters. The van der Waals surface area contributed by atoms with Gasteiger partial charge in [0.05, 0.1) is 12.6 Å². The molecule has 4 N–H and O–H groups in total. The van der Waals surface area contributed by atoms with Gasteiger partial charge in [0.2, 0.25) is 5.91 Å². The van der Waals surface area contributed by atoms with Gasteiger partial charge >= 0.3 is 0 Å². The van der Waals surface area contributed by atoms with Gasteiger partial charge in [-0.3, -0.25) is 4.79 Å². The van der Waals surface area contributed by atoms with Crippen LogP contribution in [0.3, 0.4) is 0 Å². The minimum absolute atomic E-state index is 0.0154. The third-order valence-electron chi connectivity index (χ3n) is 3.88. The van der Waals surface area contributed by atoms with Crippen molar-refractivity contribution in [3.8, 4) is 0 Å². The second-order valence-electron chi connectivity index (χ2n) is 5.50. The Morgan fingerprint density at radius 1 is 1.35 bits per heavy atom. The Morgan fingerprint density at radius 3 is 2.35 bits per heavy atom. The summed E-state index contributed by atoms with van der Waals surface area (Å²) in [5, 5.41) is 12.1. The molecule has 1 rings (SSSR count). The van der Waals surface area contributed by atoms with Gasteiger partial charge in [-0.05, 0) is 44.1 Å². The molecular formula is C13H26N2O2. The van der Waals surface area contributed by atoms with E-state index >= 15 is 0 Å². The van der Waals surface area contributed by atoms with Gasteiger partial charge in [0.1, 0.15) is 0 Å². The first-order valence-corrected chi connectivity index (χ1v) is 6.69. The van der Waals surface area contributed by atoms with E-state index < -0.39 is 0 Å². The molecule has 0 radical (unpaired) electrons. The molecule has 1 saturated carbocycles. The van der Waals surface area contributed by atoms with Crippen LogP contribution in [-0.4, -0.2) is 30.2 Å². The zero-order valence-electron chi connectivity index (χ0n) is 11.0. The number of aliphatic hydroxyl groups excluding tert-OH is 1. The normalized spacial score (nSPS) is 26.9. The Bertz CT molecular complexity index is 236. The second-order valence-corrected chi connectivity index (χ2v) is 5.50. The lowest BCUT2D eigenvalue weighted by atomic mass is 9.81. The van der Waals surface area contributed by atoms with Crippen LogP contribution in [0.4, 0.5) is 0 Å². The van der Waals surface area contributed by atoms with Crippen LogP contribution in [-0.2, 0) is 4.79 Å². The summed E-state index contributed by atoms with van der Waals surface area (Å²) >= 11 is 0. The topological polar surface area (TPSA) is 75.3 Å². The van der Waals surface area contributed by atoms with E-state index in [4.69, 9.17) is 5.73 Å². The van der Waals surface area contributed by atoms with Crippen molar-refractivity contribution in [2.24, 2.45) is 23.5 Å². The fourth-order valence-electron chi connectivity index (χ4n) is 2.38. The van der Waals surface area contributed by atoms with Crippen LogP contribution in [0.1, 0.15) is 39.5 Å². The van der Waals surface area contributed by atoms with Crippen LogP contribution in [0.25, 0.3) is 0 Å². The predicted molar refractivity (Wildman–Crippen MR) is 68.4 cm³/mol. The Hall–Kier alpha value is -0.610. The van der Waals surface area contributed by atoms with Crippen LogP contribution in [0.2, 0.25) is 0 Å². The molecule has 0 bridgehead atoms. The lowest BCUT2D eigenvalue weighted by Crippen LogP contribution is -2.44. The van der Waals surface area contributed by atoms with E-state index in [2.05, 4.69) is 5.32 Å². The van der Waals surface area contributed by atoms with E-state index in [1.165, 1.54) is 0 Å². The quantitative estimate of drug-likeness (QED) is 0.670. The summed E-state index contributed by atoms with van der Waals surface area (Å²) in [4.78, 5) is 12.0. The summed E-state index contributed by atoms with van der Waals surface area (Å²) in [7, 11) is 0. The molecule has 17 heavy (non-hydrogen) atoms. The number of hydrogen-bond acceptors (Lipinski definition) is 3. The molecule has 1 aliphatic carbocycles. The average molecular weight is 242 g/mol. The zero-order chi connectivity index (χ0) is 12.8. The number of carbonyl (C=O) groups is 1. The van der Waals surface area contributed by atoms with Crippen LogP contribution in [0.15, 0.2) is 0 Å². The molecule has 0 saturated heterocycles. The first kappa shape index (κ1) is 14.5. The van der Waals surface area contributed by atoms with Gasteiger partial charge in [0.25, 0.3) is 0 Å². The summed E-state index contributed by atoms with van der Waals surface area (Å²) in [5.74, 6) is 1.08. The van der Waals surface area contributed by atoms with Crippen molar-refractivity contribution in [1.82, 2.24) is 5.32 Å². The van der Waals surface area contributed by atoms with Crippen molar-refractivity contribution < 1.29 is 9.90 Å². The second kappa shape index (κ2) is 6.97. The summed E-state index contributed by atoms with van der Waals surface area (Å²) in [6, 6.07) is -0.116. The van der Waals surface area contributed by atoms with E-state index in [9.17, 15) is 9.90 Å². The van der Waals surface area contributed by atoms with Gasteiger partial charge in [0.15, 0.2) is 0 Å². The lowest BCUT2D eigenvalue weighted by Gasteiger charge is -2.29. The number of nitrogens with one attached hydrogen (secondary N) is 1. The zero-order valence-corrected chi connectivity index (χ0v) is 11.0. The summed E-state index contributed by atoms with van der Waals surface area (Å²) < 4.78 is 0. The van der Waals surface area contributed by atoms with Gasteiger partial charge < -0.3 is 16.2 Å². The highest BCUT2D eigenvalue weighted by Gasteiger charge is 2.27. The molecule has 1 atom stereocenters. The number of amides is 1. The number of nitrogens with two attached hydrogens (primary N) is 1. The van der Waals surface area contributed by atoms with Gasteiger partial charge in [-0.15, -0.1) is 0 Å². The Kier molecular flexibility index (Phi) is 5.92. The summed E-state index contributed by atoms with van der Waals surface area (Å²) in [6.45, 7) is 4.76. The molecule has 4 nitrogen and oxygen atoms in total. The van der Waals surface area contributed by atoms with E-state index in [0.29, 0.717) is 5.92 Å². The fraction of sp³-hybridized carbons (Fsp3) is 0.923. The van der Waals surface area contributed by atoms with Crippen molar-refractivity contribution >= 4 is 5.91 Å². The first-order chi connectivity index (χ1) is 8.08. The van der Waals surface area contributed by atoms with Crippen molar-refractivity contribution in [1.29, 1.82) is 0 Å². The highest BCUT2D eigenvalue weighted by molar-refractivity contribution is 5.79. The summed E-state index contributed by atoms with van der Waals surface area (Å²) in [5.41, 5.74) is 5.63. The van der Waals surface area contributed by atoms with Gasteiger partial charge in [-0.1, -0.05) is 13.8 Å². The molecular weight excluding hydrogens is 216 g/mol. The van der Waals surface area contributed by atoms with E-state index in [1.54, 1.807) is 0 Å². The van der Waals surface area contributed by atoms with Crippen LogP contribution in [0.5, 0.6) is 0 Å². The number of hydrogen-bond donors (Lipinski definition) is 3. The Morgan fingerprint density at radius 2 is 1.94 bits per heavy atom. The van der Waals surface area contributed by atoms with E-state index in [1.807, 2.05) is 13.8 Å². The van der Waals surface area contributed by atoms with Crippen LogP contribution < -0.4 is 11.1 Å². The molecule has 1 aliphatic rings. The van der Waals surface area contributed by atoms with Gasteiger partial charge in [-0.2, -0.15) is 0 Å². The molecule has 1 fully saturated rings. The molecule has 0 heterocycles. The molecule has 0 spiro atoms.